The van der Waals surface area contributed by atoms with Crippen LogP contribution in [0.3, 0.4) is 0 Å². The molecule has 0 unspecified atom stereocenters. The van der Waals surface area contributed by atoms with Crippen LogP contribution in [0.4, 0.5) is 0 Å². The number of methoxy groups -OCH3 is 1. The highest BCUT2D eigenvalue weighted by atomic mass is 16.5. The van der Waals surface area contributed by atoms with Crippen molar-refractivity contribution in [3.8, 4) is 6.07 Å². The minimum atomic E-state index is -0.222. The number of hydrogen-bond donors (Lipinski definition) is 1. The number of nitrogens with zero attached hydrogens (tertiary/aromatic N) is 2. The van der Waals surface area contributed by atoms with Gasteiger partial charge < -0.3 is 10.1 Å². The Morgan fingerprint density at radius 3 is 3.12 bits per heavy atom. The lowest BCUT2D eigenvalue weighted by Gasteiger charge is -2.04. The molecule has 0 radical (unpaired) electrons. The van der Waals surface area contributed by atoms with E-state index in [1.54, 1.807) is 7.11 Å². The number of nitriles is 1. The topological polar surface area (TPSA) is 75.0 Å². The fourth-order valence-electron chi connectivity index (χ4n) is 1.15. The molecule has 0 saturated heterocycles. The summed E-state index contributed by atoms with van der Waals surface area (Å²) in [7, 11) is 1.61. The lowest BCUT2D eigenvalue weighted by atomic mass is 10.2. The van der Waals surface area contributed by atoms with Crippen LogP contribution in [0, 0.1) is 11.3 Å². The van der Waals surface area contributed by atoms with Gasteiger partial charge >= 0.3 is 0 Å². The summed E-state index contributed by atoms with van der Waals surface area (Å²) >= 11 is 0. The maximum absolute atomic E-state index is 11.6. The van der Waals surface area contributed by atoms with Gasteiger partial charge in [0.25, 0.3) is 5.91 Å². The molecule has 0 fully saturated rings. The van der Waals surface area contributed by atoms with E-state index in [2.05, 4.69) is 10.3 Å². The molecule has 1 rings (SSSR count). The van der Waals surface area contributed by atoms with E-state index < -0.39 is 0 Å². The van der Waals surface area contributed by atoms with E-state index in [1.807, 2.05) is 6.07 Å². The predicted molar refractivity (Wildman–Crippen MR) is 57.8 cm³/mol. The monoisotopic (exact) mass is 219 g/mol. The summed E-state index contributed by atoms with van der Waals surface area (Å²) in [4.78, 5) is 15.4. The summed E-state index contributed by atoms with van der Waals surface area (Å²) in [5.74, 6) is -0.222. The van der Waals surface area contributed by atoms with E-state index in [1.165, 1.54) is 18.5 Å². The van der Waals surface area contributed by atoms with Crippen molar-refractivity contribution in [2.45, 2.75) is 6.42 Å². The molecule has 0 spiro atoms. The van der Waals surface area contributed by atoms with Crippen LogP contribution in [0.25, 0.3) is 0 Å². The maximum atomic E-state index is 11.6. The molecule has 1 aromatic rings. The summed E-state index contributed by atoms with van der Waals surface area (Å²) in [6.45, 7) is 1.15. The Hall–Kier alpha value is -1.93. The van der Waals surface area contributed by atoms with Gasteiger partial charge in [0, 0.05) is 32.7 Å². The molecule has 0 atom stereocenters. The van der Waals surface area contributed by atoms with Crippen LogP contribution in [0.2, 0.25) is 0 Å². The van der Waals surface area contributed by atoms with E-state index in [9.17, 15) is 4.79 Å². The van der Waals surface area contributed by atoms with Crippen LogP contribution < -0.4 is 5.32 Å². The zero-order chi connectivity index (χ0) is 11.8. The fraction of sp³-hybridized carbons (Fsp3) is 0.364. The maximum Gasteiger partial charge on any atom is 0.252 e. The van der Waals surface area contributed by atoms with E-state index in [0.29, 0.717) is 24.3 Å². The molecule has 0 aromatic carbocycles. The average Bonchev–Trinajstić information content (AvgIpc) is 2.34. The zero-order valence-corrected chi connectivity index (χ0v) is 9.06. The lowest BCUT2D eigenvalue weighted by Crippen LogP contribution is -2.25. The number of rotatable bonds is 5. The molecule has 5 heteroatoms. The molecular formula is C11H13N3O2. The number of pyridine rings is 1. The number of aromatic nitrogens is 1. The van der Waals surface area contributed by atoms with E-state index in [4.69, 9.17) is 10.00 Å². The smallest absolute Gasteiger partial charge is 0.252 e. The van der Waals surface area contributed by atoms with Crippen molar-refractivity contribution in [2.24, 2.45) is 0 Å². The molecule has 0 aliphatic rings. The molecule has 0 aliphatic carbocycles. The van der Waals surface area contributed by atoms with Gasteiger partial charge in [0.1, 0.15) is 6.07 Å². The number of carbonyl (C=O) groups is 1. The Kier molecular flexibility index (Phi) is 4.96. The third kappa shape index (κ3) is 3.67. The van der Waals surface area contributed by atoms with Gasteiger partial charge in [-0.3, -0.25) is 9.78 Å². The number of ether oxygens (including phenoxy) is 1. The Balaban J connectivity index is 2.50. The third-order valence-corrected chi connectivity index (χ3v) is 1.94. The minimum Gasteiger partial charge on any atom is -0.385 e. The number of carbonyl (C=O) groups excluding carboxylic acids is 1. The van der Waals surface area contributed by atoms with Crippen molar-refractivity contribution < 1.29 is 9.53 Å². The van der Waals surface area contributed by atoms with Crippen LogP contribution in [-0.2, 0) is 4.74 Å². The lowest BCUT2D eigenvalue weighted by molar-refractivity contribution is 0.0948. The summed E-state index contributed by atoms with van der Waals surface area (Å²) in [5, 5.41) is 11.4. The minimum absolute atomic E-state index is 0.222. The van der Waals surface area contributed by atoms with Crippen molar-refractivity contribution in [3.05, 3.63) is 29.6 Å². The van der Waals surface area contributed by atoms with Crippen LogP contribution in [0.1, 0.15) is 22.3 Å². The first kappa shape index (κ1) is 12.1. The van der Waals surface area contributed by atoms with E-state index in [0.717, 1.165) is 6.42 Å². The molecule has 0 aliphatic heterocycles. The number of hydrogen-bond acceptors (Lipinski definition) is 4. The second kappa shape index (κ2) is 6.53. The van der Waals surface area contributed by atoms with Gasteiger partial charge in [-0.1, -0.05) is 0 Å². The van der Waals surface area contributed by atoms with Crippen molar-refractivity contribution in [3.63, 3.8) is 0 Å². The second-order valence-electron chi connectivity index (χ2n) is 3.18. The summed E-state index contributed by atoms with van der Waals surface area (Å²) in [6.07, 6.45) is 3.61. The largest absolute Gasteiger partial charge is 0.385 e. The number of amides is 1. The average molecular weight is 219 g/mol. The summed E-state index contributed by atoms with van der Waals surface area (Å²) in [6, 6.07) is 3.45. The molecule has 0 saturated carbocycles. The zero-order valence-electron chi connectivity index (χ0n) is 9.06. The first-order chi connectivity index (χ1) is 7.77. The van der Waals surface area contributed by atoms with E-state index in [-0.39, 0.29) is 5.91 Å². The third-order valence-electron chi connectivity index (χ3n) is 1.94. The molecule has 1 heterocycles. The highest BCUT2D eigenvalue weighted by molar-refractivity contribution is 5.94. The molecule has 1 N–H and O–H groups in total. The summed E-state index contributed by atoms with van der Waals surface area (Å²) in [5.41, 5.74) is 0.779. The molecule has 0 bridgehead atoms. The Bertz CT molecular complexity index is 398. The molecular weight excluding hydrogens is 206 g/mol. The van der Waals surface area contributed by atoms with Crippen LogP contribution >= 0.6 is 0 Å². The predicted octanol–water partition coefficient (Wildman–Crippen LogP) is 0.720. The normalized spacial score (nSPS) is 9.50. The van der Waals surface area contributed by atoms with Crippen molar-refractivity contribution in [1.82, 2.24) is 10.3 Å². The van der Waals surface area contributed by atoms with Gasteiger partial charge in [-0.25, -0.2) is 0 Å². The van der Waals surface area contributed by atoms with Gasteiger partial charge in [0.05, 0.1) is 11.1 Å². The van der Waals surface area contributed by atoms with Gasteiger partial charge in [-0.05, 0) is 12.5 Å². The standard InChI is InChI=1S/C11H13N3O2/c1-16-4-2-3-14-11(15)10-5-9(6-12)7-13-8-10/h5,7-8H,2-4H2,1H3,(H,14,15). The first-order valence-electron chi connectivity index (χ1n) is 4.90. The van der Waals surface area contributed by atoms with Crippen molar-refractivity contribution in [2.75, 3.05) is 20.3 Å². The summed E-state index contributed by atoms with van der Waals surface area (Å²) < 4.78 is 4.86. The molecule has 5 nitrogen and oxygen atoms in total. The first-order valence-corrected chi connectivity index (χ1v) is 4.90. The molecule has 84 valence electrons. The van der Waals surface area contributed by atoms with Gasteiger partial charge in [0.15, 0.2) is 0 Å². The van der Waals surface area contributed by atoms with Crippen molar-refractivity contribution >= 4 is 5.91 Å². The van der Waals surface area contributed by atoms with E-state index >= 15 is 0 Å². The quantitative estimate of drug-likeness (QED) is 0.740. The number of nitrogens with one attached hydrogen (secondary N) is 1. The SMILES string of the molecule is COCCCNC(=O)c1cncc(C#N)c1. The Morgan fingerprint density at radius 1 is 1.62 bits per heavy atom. The highest BCUT2D eigenvalue weighted by Crippen LogP contribution is 2.01. The molecule has 1 amide bonds. The van der Waals surface area contributed by atoms with Crippen LogP contribution in [0.5, 0.6) is 0 Å². The van der Waals surface area contributed by atoms with Gasteiger partial charge in [-0.2, -0.15) is 5.26 Å². The van der Waals surface area contributed by atoms with Gasteiger partial charge in [-0.15, -0.1) is 0 Å². The molecule has 16 heavy (non-hydrogen) atoms. The van der Waals surface area contributed by atoms with Crippen LogP contribution in [0.15, 0.2) is 18.5 Å². The molecule has 1 aromatic heterocycles. The fourth-order valence-corrected chi connectivity index (χ4v) is 1.15. The van der Waals surface area contributed by atoms with Crippen LogP contribution in [-0.4, -0.2) is 31.2 Å². The second-order valence-corrected chi connectivity index (χ2v) is 3.18. The Morgan fingerprint density at radius 2 is 2.44 bits per heavy atom. The van der Waals surface area contributed by atoms with Crippen molar-refractivity contribution in [1.29, 1.82) is 5.26 Å². The highest BCUT2D eigenvalue weighted by Gasteiger charge is 2.05. The Labute approximate surface area is 94.1 Å². The van der Waals surface area contributed by atoms with Gasteiger partial charge in [0.2, 0.25) is 0 Å².